The van der Waals surface area contributed by atoms with Crippen molar-refractivity contribution in [1.29, 1.82) is 0 Å². The van der Waals surface area contributed by atoms with Crippen molar-refractivity contribution in [3.8, 4) is 11.8 Å². The Morgan fingerprint density at radius 2 is 1.96 bits per heavy atom. The van der Waals surface area contributed by atoms with E-state index in [1.807, 2.05) is 12.2 Å². The highest BCUT2D eigenvalue weighted by Gasteiger charge is 2.40. The normalized spacial score (nSPS) is 27.2. The Labute approximate surface area is 150 Å². The van der Waals surface area contributed by atoms with Crippen molar-refractivity contribution >= 4 is 5.97 Å². The quantitative estimate of drug-likeness (QED) is 0.275. The molecule has 0 aromatic rings. The summed E-state index contributed by atoms with van der Waals surface area (Å²) in [6.45, 7) is 2.11. The number of aliphatic hydroxyl groups excluding tert-OH is 3. The zero-order chi connectivity index (χ0) is 18.7. The van der Waals surface area contributed by atoms with Gasteiger partial charge in [-0.2, -0.15) is 0 Å². The van der Waals surface area contributed by atoms with Crippen LogP contribution in [0.15, 0.2) is 12.2 Å². The fourth-order valence-electron chi connectivity index (χ4n) is 3.20. The Bertz CT molecular complexity index is 476. The van der Waals surface area contributed by atoms with Crippen LogP contribution in [0.4, 0.5) is 0 Å². The number of aliphatic hydroxyl groups is 3. The minimum absolute atomic E-state index is 0.152. The van der Waals surface area contributed by atoms with Crippen molar-refractivity contribution in [2.75, 3.05) is 0 Å². The largest absolute Gasteiger partial charge is 0.481 e. The Hall–Kier alpha value is -1.35. The van der Waals surface area contributed by atoms with E-state index in [1.165, 1.54) is 0 Å². The van der Waals surface area contributed by atoms with Gasteiger partial charge >= 0.3 is 5.97 Å². The molecular formula is C20H32O5. The zero-order valence-electron chi connectivity index (χ0n) is 15.1. The van der Waals surface area contributed by atoms with E-state index in [9.17, 15) is 20.1 Å². The third-order valence-corrected chi connectivity index (χ3v) is 4.69. The first-order valence-electron chi connectivity index (χ1n) is 9.37. The molecule has 0 aromatic heterocycles. The molecule has 0 radical (unpaired) electrons. The smallest absolute Gasteiger partial charge is 0.303 e. The van der Waals surface area contributed by atoms with Crippen LogP contribution in [0, 0.1) is 23.7 Å². The molecule has 0 aliphatic heterocycles. The van der Waals surface area contributed by atoms with Crippen LogP contribution in [-0.2, 0) is 4.79 Å². The number of rotatable bonds is 10. The topological polar surface area (TPSA) is 98.0 Å². The number of hydrogen-bond acceptors (Lipinski definition) is 4. The van der Waals surface area contributed by atoms with Crippen LogP contribution in [0.1, 0.15) is 64.7 Å². The fourth-order valence-corrected chi connectivity index (χ4v) is 3.20. The van der Waals surface area contributed by atoms with E-state index in [1.54, 1.807) is 0 Å². The van der Waals surface area contributed by atoms with Crippen molar-refractivity contribution in [2.45, 2.75) is 83.0 Å². The first-order chi connectivity index (χ1) is 12.0. The van der Waals surface area contributed by atoms with Crippen LogP contribution in [0.2, 0.25) is 0 Å². The highest BCUT2D eigenvalue weighted by Crippen LogP contribution is 2.35. The van der Waals surface area contributed by atoms with Gasteiger partial charge in [0.1, 0.15) is 6.10 Å². The number of allylic oxidation sites excluding steroid dienone is 2. The Morgan fingerprint density at radius 1 is 1.20 bits per heavy atom. The van der Waals surface area contributed by atoms with Crippen LogP contribution in [0.3, 0.4) is 0 Å². The molecular weight excluding hydrogens is 320 g/mol. The van der Waals surface area contributed by atoms with Crippen molar-refractivity contribution in [1.82, 2.24) is 0 Å². The molecule has 1 fully saturated rings. The summed E-state index contributed by atoms with van der Waals surface area (Å²) in [6.07, 6.45) is 7.97. The molecule has 0 amide bonds. The molecule has 0 aromatic carbocycles. The summed E-state index contributed by atoms with van der Waals surface area (Å²) in [5.41, 5.74) is 0. The molecule has 0 spiro atoms. The summed E-state index contributed by atoms with van der Waals surface area (Å²) in [4.78, 5) is 10.5. The molecule has 1 aliphatic carbocycles. The third-order valence-electron chi connectivity index (χ3n) is 4.69. The van der Waals surface area contributed by atoms with Gasteiger partial charge in [0.25, 0.3) is 0 Å². The van der Waals surface area contributed by atoms with Crippen LogP contribution in [-0.4, -0.2) is 44.7 Å². The summed E-state index contributed by atoms with van der Waals surface area (Å²) in [7, 11) is 0. The minimum Gasteiger partial charge on any atom is -0.481 e. The van der Waals surface area contributed by atoms with E-state index in [0.717, 1.165) is 19.3 Å². The van der Waals surface area contributed by atoms with E-state index in [0.29, 0.717) is 32.1 Å². The molecule has 1 aliphatic rings. The Morgan fingerprint density at radius 3 is 2.64 bits per heavy atom. The van der Waals surface area contributed by atoms with E-state index < -0.39 is 24.3 Å². The molecule has 0 unspecified atom stereocenters. The van der Waals surface area contributed by atoms with Crippen LogP contribution < -0.4 is 0 Å². The van der Waals surface area contributed by atoms with Gasteiger partial charge in [-0.1, -0.05) is 43.8 Å². The second-order valence-corrected chi connectivity index (χ2v) is 6.85. The lowest BCUT2D eigenvalue weighted by atomic mass is 9.90. The maximum atomic E-state index is 10.5. The summed E-state index contributed by atoms with van der Waals surface area (Å²) in [5, 5.41) is 38.8. The number of aliphatic carboxylic acids is 1. The molecule has 4 N–H and O–H groups in total. The molecule has 1 rings (SSSR count). The Balaban J connectivity index is 2.50. The number of carboxylic acid groups (broad SMARTS) is 1. The monoisotopic (exact) mass is 352 g/mol. The first kappa shape index (κ1) is 21.7. The van der Waals surface area contributed by atoms with E-state index in [-0.39, 0.29) is 18.3 Å². The van der Waals surface area contributed by atoms with Gasteiger partial charge in [0.15, 0.2) is 0 Å². The number of carboxylic acids is 1. The fraction of sp³-hybridized carbons (Fsp3) is 0.750. The highest BCUT2D eigenvalue weighted by molar-refractivity contribution is 5.66. The van der Waals surface area contributed by atoms with E-state index >= 15 is 0 Å². The first-order valence-corrected chi connectivity index (χ1v) is 9.37. The standard InChI is InChI=1S/C20H32O5/c1-2-3-6-9-15(21)12-13-17-16(18(22)14-19(17)23)10-7-4-5-8-11-20(24)25/h4,7,15-19,21-23H,2-3,5-6,8-11,14H2,1H3,(H,24,25)/b7-4-/t15-,16+,17+,18-,19+/m0/s1. The molecule has 25 heavy (non-hydrogen) atoms. The summed E-state index contributed by atoms with van der Waals surface area (Å²) < 4.78 is 0. The van der Waals surface area contributed by atoms with Crippen molar-refractivity contribution < 1.29 is 25.2 Å². The SMILES string of the molecule is CCCCC[C@H](O)C#C[C@@H]1[C@@H](C/C=C\CCCC(=O)O)[C@@H](O)C[C@H]1O. The number of carbonyl (C=O) groups is 1. The van der Waals surface area contributed by atoms with Crippen LogP contribution in [0.25, 0.3) is 0 Å². The van der Waals surface area contributed by atoms with Gasteiger partial charge in [0.2, 0.25) is 0 Å². The molecule has 0 heterocycles. The lowest BCUT2D eigenvalue weighted by molar-refractivity contribution is -0.137. The van der Waals surface area contributed by atoms with E-state index in [2.05, 4.69) is 18.8 Å². The minimum atomic E-state index is -0.796. The zero-order valence-corrected chi connectivity index (χ0v) is 15.1. The van der Waals surface area contributed by atoms with Gasteiger partial charge in [0, 0.05) is 18.8 Å². The average molecular weight is 352 g/mol. The summed E-state index contributed by atoms with van der Waals surface area (Å²) in [5.74, 6) is 4.54. The second kappa shape index (κ2) is 12.1. The van der Waals surface area contributed by atoms with Gasteiger partial charge in [-0.15, -0.1) is 0 Å². The van der Waals surface area contributed by atoms with Crippen LogP contribution in [0.5, 0.6) is 0 Å². The summed E-state index contributed by atoms with van der Waals surface area (Å²) >= 11 is 0. The van der Waals surface area contributed by atoms with Crippen LogP contribution >= 0.6 is 0 Å². The van der Waals surface area contributed by atoms with Gasteiger partial charge in [-0.05, 0) is 32.1 Å². The molecule has 0 bridgehead atoms. The lowest BCUT2D eigenvalue weighted by Crippen LogP contribution is -2.20. The second-order valence-electron chi connectivity index (χ2n) is 6.85. The highest BCUT2D eigenvalue weighted by atomic mass is 16.4. The van der Waals surface area contributed by atoms with Gasteiger partial charge < -0.3 is 20.4 Å². The molecule has 5 atom stereocenters. The van der Waals surface area contributed by atoms with Crippen molar-refractivity contribution in [3.63, 3.8) is 0 Å². The molecule has 1 saturated carbocycles. The lowest BCUT2D eigenvalue weighted by Gasteiger charge is -2.17. The molecule has 5 nitrogen and oxygen atoms in total. The van der Waals surface area contributed by atoms with E-state index in [4.69, 9.17) is 5.11 Å². The Kier molecular flexibility index (Phi) is 10.5. The molecule has 5 heteroatoms. The maximum absolute atomic E-state index is 10.5. The molecule has 142 valence electrons. The predicted octanol–water partition coefficient (Wildman–Crippen LogP) is 2.49. The average Bonchev–Trinajstić information content (AvgIpc) is 2.82. The maximum Gasteiger partial charge on any atom is 0.303 e. The predicted molar refractivity (Wildman–Crippen MR) is 96.8 cm³/mol. The van der Waals surface area contributed by atoms with Gasteiger partial charge in [0.05, 0.1) is 18.1 Å². The molecule has 0 saturated heterocycles. The third kappa shape index (κ3) is 8.53. The summed E-state index contributed by atoms with van der Waals surface area (Å²) in [6, 6.07) is 0. The van der Waals surface area contributed by atoms with Crippen molar-refractivity contribution in [2.24, 2.45) is 11.8 Å². The number of unbranched alkanes of at least 4 members (excludes halogenated alkanes) is 3. The number of hydrogen-bond donors (Lipinski definition) is 4. The van der Waals surface area contributed by atoms with Gasteiger partial charge in [-0.3, -0.25) is 4.79 Å². The van der Waals surface area contributed by atoms with Crippen molar-refractivity contribution in [3.05, 3.63) is 12.2 Å². The van der Waals surface area contributed by atoms with Gasteiger partial charge in [-0.25, -0.2) is 0 Å².